The van der Waals surface area contributed by atoms with E-state index in [1.54, 1.807) is 6.92 Å². The molecule has 0 aliphatic carbocycles. The zero-order chi connectivity index (χ0) is 12.9. The number of halogens is 1. The summed E-state index contributed by atoms with van der Waals surface area (Å²) in [6.45, 7) is 4.15. The molecule has 3 nitrogen and oxygen atoms in total. The maximum absolute atomic E-state index is 11.5. The summed E-state index contributed by atoms with van der Waals surface area (Å²) in [4.78, 5) is 11.5. The Balaban J connectivity index is 2.87. The van der Waals surface area contributed by atoms with Crippen LogP contribution in [0.5, 0.6) is 0 Å². The molecule has 0 aliphatic rings. The lowest BCUT2D eigenvalue weighted by atomic mass is 9.85. The fourth-order valence-corrected chi connectivity index (χ4v) is 1.95. The number of nitrogens with two attached hydrogens (primary N) is 1. The van der Waals surface area contributed by atoms with Crippen LogP contribution in [0.4, 0.5) is 0 Å². The van der Waals surface area contributed by atoms with Crippen molar-refractivity contribution in [2.45, 2.75) is 32.2 Å². The Labute approximate surface area is 110 Å². The lowest BCUT2D eigenvalue weighted by molar-refractivity contribution is -0.144. The van der Waals surface area contributed by atoms with Crippen LogP contribution in [0.25, 0.3) is 0 Å². The molecule has 0 heterocycles. The van der Waals surface area contributed by atoms with Crippen LogP contribution in [0.3, 0.4) is 0 Å². The van der Waals surface area contributed by atoms with Gasteiger partial charge in [0.05, 0.1) is 18.6 Å². The lowest BCUT2D eigenvalue weighted by Crippen LogP contribution is -2.38. The highest BCUT2D eigenvalue weighted by molar-refractivity contribution is 9.10. The predicted octanol–water partition coefficient (Wildman–Crippen LogP) is 2.97. The van der Waals surface area contributed by atoms with Gasteiger partial charge in [-0.3, -0.25) is 4.79 Å². The minimum Gasteiger partial charge on any atom is -0.466 e. The highest BCUT2D eigenvalue weighted by Crippen LogP contribution is 2.27. The second-order valence-corrected chi connectivity index (χ2v) is 4.91. The van der Waals surface area contributed by atoms with E-state index >= 15 is 0 Å². The number of hydrogen-bond donors (Lipinski definition) is 1. The van der Waals surface area contributed by atoms with Crippen molar-refractivity contribution in [3.8, 4) is 0 Å². The molecule has 0 fully saturated rings. The zero-order valence-corrected chi connectivity index (χ0v) is 11.8. The molecular weight excluding hydrogens is 282 g/mol. The Morgan fingerprint density at radius 1 is 1.35 bits per heavy atom. The Kier molecular flexibility index (Phi) is 5.15. The van der Waals surface area contributed by atoms with E-state index in [2.05, 4.69) is 15.9 Å². The van der Waals surface area contributed by atoms with Gasteiger partial charge in [0.1, 0.15) is 0 Å². The van der Waals surface area contributed by atoms with Gasteiger partial charge >= 0.3 is 5.97 Å². The van der Waals surface area contributed by atoms with Crippen LogP contribution in [0.1, 0.15) is 32.3 Å². The molecule has 0 saturated carbocycles. The minimum absolute atomic E-state index is 0.207. The first-order valence-electron chi connectivity index (χ1n) is 5.72. The zero-order valence-electron chi connectivity index (χ0n) is 10.2. The van der Waals surface area contributed by atoms with E-state index in [4.69, 9.17) is 10.5 Å². The van der Waals surface area contributed by atoms with E-state index < -0.39 is 5.54 Å². The summed E-state index contributed by atoms with van der Waals surface area (Å²) >= 11 is 3.38. The molecule has 94 valence electrons. The maximum Gasteiger partial charge on any atom is 0.307 e. The first-order valence-corrected chi connectivity index (χ1v) is 6.51. The van der Waals surface area contributed by atoms with Crippen LogP contribution in [0, 0.1) is 0 Å². The van der Waals surface area contributed by atoms with Crippen molar-refractivity contribution < 1.29 is 9.53 Å². The molecule has 2 N–H and O–H groups in total. The van der Waals surface area contributed by atoms with Gasteiger partial charge in [-0.15, -0.1) is 0 Å². The molecule has 1 rings (SSSR count). The molecule has 1 aromatic rings. The molecule has 1 unspecified atom stereocenters. The van der Waals surface area contributed by atoms with Crippen LogP contribution in [-0.4, -0.2) is 12.6 Å². The van der Waals surface area contributed by atoms with Gasteiger partial charge in [-0.25, -0.2) is 0 Å². The van der Waals surface area contributed by atoms with Crippen molar-refractivity contribution in [1.29, 1.82) is 0 Å². The van der Waals surface area contributed by atoms with Crippen molar-refractivity contribution in [2.24, 2.45) is 5.73 Å². The highest BCUT2D eigenvalue weighted by Gasteiger charge is 2.29. The minimum atomic E-state index is -0.646. The molecule has 0 amide bonds. The van der Waals surface area contributed by atoms with Gasteiger partial charge in [-0.1, -0.05) is 35.0 Å². The summed E-state index contributed by atoms with van der Waals surface area (Å²) in [6.07, 6.45) is 0.895. The van der Waals surface area contributed by atoms with Crippen LogP contribution in [-0.2, 0) is 15.1 Å². The van der Waals surface area contributed by atoms with Crippen LogP contribution < -0.4 is 5.73 Å². The molecule has 1 aromatic carbocycles. The normalized spacial score (nSPS) is 14.1. The third kappa shape index (κ3) is 3.82. The van der Waals surface area contributed by atoms with Gasteiger partial charge < -0.3 is 10.5 Å². The van der Waals surface area contributed by atoms with Gasteiger partial charge in [0.25, 0.3) is 0 Å². The van der Waals surface area contributed by atoms with Crippen molar-refractivity contribution in [1.82, 2.24) is 0 Å². The first-order chi connectivity index (χ1) is 8.01. The lowest BCUT2D eigenvalue weighted by Gasteiger charge is -2.27. The van der Waals surface area contributed by atoms with E-state index in [9.17, 15) is 4.79 Å². The number of hydrogen-bond acceptors (Lipinski definition) is 3. The fraction of sp³-hybridized carbons (Fsp3) is 0.462. The molecule has 0 saturated heterocycles. The SMILES string of the molecule is CCOC(=O)CC(N)(CC)c1ccc(Br)cc1. The van der Waals surface area contributed by atoms with Crippen molar-refractivity contribution in [3.05, 3.63) is 34.3 Å². The van der Waals surface area contributed by atoms with Crippen molar-refractivity contribution >= 4 is 21.9 Å². The van der Waals surface area contributed by atoms with E-state index in [0.717, 1.165) is 10.0 Å². The monoisotopic (exact) mass is 299 g/mol. The molecule has 17 heavy (non-hydrogen) atoms. The van der Waals surface area contributed by atoms with E-state index in [-0.39, 0.29) is 12.4 Å². The van der Waals surface area contributed by atoms with Crippen LogP contribution in [0.15, 0.2) is 28.7 Å². The maximum atomic E-state index is 11.5. The standard InChI is InChI=1S/C13H18BrNO2/c1-3-13(15,9-12(16)17-4-2)10-5-7-11(14)8-6-10/h5-8H,3-4,9,15H2,1-2H3. The summed E-state index contributed by atoms with van der Waals surface area (Å²) in [5.74, 6) is -0.250. The Bertz CT molecular complexity index is 378. The Morgan fingerprint density at radius 2 is 1.94 bits per heavy atom. The second-order valence-electron chi connectivity index (χ2n) is 4.00. The number of ether oxygens (including phenoxy) is 1. The number of rotatable bonds is 5. The molecule has 0 aromatic heterocycles. The third-order valence-electron chi connectivity index (χ3n) is 2.82. The number of carbonyl (C=O) groups excluding carboxylic acids is 1. The first kappa shape index (κ1) is 14.2. The van der Waals surface area contributed by atoms with Crippen LogP contribution >= 0.6 is 15.9 Å². The Morgan fingerprint density at radius 3 is 2.41 bits per heavy atom. The van der Waals surface area contributed by atoms with Gasteiger partial charge in [0.15, 0.2) is 0 Å². The van der Waals surface area contributed by atoms with Crippen LogP contribution in [0.2, 0.25) is 0 Å². The quantitative estimate of drug-likeness (QED) is 0.851. The molecule has 0 radical (unpaired) electrons. The number of carbonyl (C=O) groups is 1. The summed E-state index contributed by atoms with van der Waals surface area (Å²) in [6, 6.07) is 7.73. The van der Waals surface area contributed by atoms with Gasteiger partial charge in [0, 0.05) is 4.47 Å². The third-order valence-corrected chi connectivity index (χ3v) is 3.34. The molecule has 1 atom stereocenters. The van der Waals surface area contributed by atoms with Gasteiger partial charge in [-0.2, -0.15) is 0 Å². The fourth-order valence-electron chi connectivity index (χ4n) is 1.68. The summed E-state index contributed by atoms with van der Waals surface area (Å²) in [5.41, 5.74) is 6.59. The van der Waals surface area contributed by atoms with Gasteiger partial charge in [-0.05, 0) is 31.0 Å². The summed E-state index contributed by atoms with van der Waals surface area (Å²) in [7, 11) is 0. The number of esters is 1. The van der Waals surface area contributed by atoms with Gasteiger partial charge in [0.2, 0.25) is 0 Å². The summed E-state index contributed by atoms with van der Waals surface area (Å²) in [5, 5.41) is 0. The number of benzene rings is 1. The molecular formula is C13H18BrNO2. The van der Waals surface area contributed by atoms with E-state index in [1.165, 1.54) is 0 Å². The Hall–Kier alpha value is -0.870. The molecule has 0 aliphatic heterocycles. The predicted molar refractivity (Wildman–Crippen MR) is 71.5 cm³/mol. The second kappa shape index (κ2) is 6.17. The molecule has 4 heteroatoms. The molecule has 0 bridgehead atoms. The average molecular weight is 300 g/mol. The summed E-state index contributed by atoms with van der Waals surface area (Å²) < 4.78 is 5.95. The highest BCUT2D eigenvalue weighted by atomic mass is 79.9. The van der Waals surface area contributed by atoms with Crippen molar-refractivity contribution in [3.63, 3.8) is 0 Å². The largest absolute Gasteiger partial charge is 0.466 e. The topological polar surface area (TPSA) is 52.3 Å². The average Bonchev–Trinajstić information content (AvgIpc) is 2.30. The smallest absolute Gasteiger partial charge is 0.307 e. The molecule has 0 spiro atoms. The van der Waals surface area contributed by atoms with E-state index in [0.29, 0.717) is 13.0 Å². The van der Waals surface area contributed by atoms with E-state index in [1.807, 2.05) is 31.2 Å². The van der Waals surface area contributed by atoms with Crippen molar-refractivity contribution in [2.75, 3.05) is 6.61 Å².